The minimum Gasteiger partial charge on any atom is -0.493 e. The summed E-state index contributed by atoms with van der Waals surface area (Å²) < 4.78 is 25.5. The molecule has 0 spiro atoms. The van der Waals surface area contributed by atoms with E-state index in [4.69, 9.17) is 35.3 Å². The van der Waals surface area contributed by atoms with Gasteiger partial charge in [-0.25, -0.2) is 4.79 Å². The van der Waals surface area contributed by atoms with Gasteiger partial charge in [-0.3, -0.25) is 9.78 Å². The number of nitrogens with zero attached hydrogens (tertiary/aromatic N) is 1. The Labute approximate surface area is 196 Å². The number of rotatable bonds is 10. The first-order valence-electron chi connectivity index (χ1n) is 9.75. The molecule has 0 amide bonds. The molecular formula is C23H26ClNO8. The molecule has 2 unspecified atom stereocenters. The zero-order valence-corrected chi connectivity index (χ0v) is 19.7. The molecule has 0 aliphatic rings. The van der Waals surface area contributed by atoms with Crippen LogP contribution in [0.25, 0.3) is 5.57 Å². The van der Waals surface area contributed by atoms with Gasteiger partial charge in [0.15, 0.2) is 18.3 Å². The number of ether oxygens (including phenoxy) is 5. The molecule has 9 nitrogen and oxygen atoms in total. The predicted octanol–water partition coefficient (Wildman–Crippen LogP) is 3.20. The van der Waals surface area contributed by atoms with Gasteiger partial charge in [-0.1, -0.05) is 11.6 Å². The Morgan fingerprint density at radius 3 is 2.30 bits per heavy atom. The average Bonchev–Trinajstić information content (AvgIpc) is 2.84. The van der Waals surface area contributed by atoms with Gasteiger partial charge < -0.3 is 28.8 Å². The molecule has 0 saturated heterocycles. The van der Waals surface area contributed by atoms with E-state index in [1.54, 1.807) is 19.1 Å². The van der Waals surface area contributed by atoms with Gasteiger partial charge in [-0.15, -0.1) is 0 Å². The number of carbonyl (C=O) groups is 2. The number of halogens is 1. The Hall–Kier alpha value is -3.14. The highest BCUT2D eigenvalue weighted by atomic mass is 35.5. The highest BCUT2D eigenvalue weighted by Crippen LogP contribution is 2.40. The van der Waals surface area contributed by atoms with Crippen molar-refractivity contribution in [3.63, 3.8) is 0 Å². The van der Waals surface area contributed by atoms with E-state index < -0.39 is 24.0 Å². The summed E-state index contributed by atoms with van der Waals surface area (Å²) in [6.45, 7) is 1.23. The fourth-order valence-electron chi connectivity index (χ4n) is 3.28. The monoisotopic (exact) mass is 479 g/mol. The summed E-state index contributed by atoms with van der Waals surface area (Å²) in [6.07, 6.45) is 1.47. The Bertz CT molecular complexity index is 1010. The van der Waals surface area contributed by atoms with Gasteiger partial charge in [0.2, 0.25) is 0 Å². The molecule has 0 fully saturated rings. The van der Waals surface area contributed by atoms with Gasteiger partial charge in [-0.05, 0) is 47.9 Å². The minimum atomic E-state index is -1.45. The number of benzene rings is 1. The SMILES string of the molecule is COCOC(=O)C(C(C(=O)OC)=C(C)c1cc(Cl)c(OC)c(OC)c1)C(O)c1ccncc1. The lowest BCUT2D eigenvalue weighted by Crippen LogP contribution is -2.31. The van der Waals surface area contributed by atoms with E-state index in [0.717, 1.165) is 0 Å². The van der Waals surface area contributed by atoms with Crippen LogP contribution in [0, 0.1) is 5.92 Å². The third-order valence-electron chi connectivity index (χ3n) is 4.92. The molecule has 33 heavy (non-hydrogen) atoms. The van der Waals surface area contributed by atoms with Crippen LogP contribution < -0.4 is 9.47 Å². The number of methoxy groups -OCH3 is 4. The molecule has 0 aliphatic heterocycles. The minimum absolute atomic E-state index is 0.119. The number of hydrogen-bond donors (Lipinski definition) is 1. The van der Waals surface area contributed by atoms with Crippen molar-refractivity contribution in [3.8, 4) is 11.5 Å². The van der Waals surface area contributed by atoms with Gasteiger partial charge in [-0.2, -0.15) is 0 Å². The zero-order valence-electron chi connectivity index (χ0n) is 19.0. The van der Waals surface area contributed by atoms with Crippen LogP contribution in [0.4, 0.5) is 0 Å². The van der Waals surface area contributed by atoms with E-state index in [9.17, 15) is 14.7 Å². The second-order valence-corrected chi connectivity index (χ2v) is 7.20. The van der Waals surface area contributed by atoms with Crippen LogP contribution in [0.1, 0.15) is 24.2 Å². The van der Waals surface area contributed by atoms with Crippen LogP contribution in [0.2, 0.25) is 5.02 Å². The molecule has 1 heterocycles. The van der Waals surface area contributed by atoms with Crippen molar-refractivity contribution >= 4 is 29.1 Å². The molecular weight excluding hydrogens is 454 g/mol. The maximum absolute atomic E-state index is 13.0. The van der Waals surface area contributed by atoms with Crippen molar-refractivity contribution in [3.05, 3.63) is 58.4 Å². The van der Waals surface area contributed by atoms with Crippen LogP contribution in [-0.2, 0) is 23.8 Å². The van der Waals surface area contributed by atoms with Crippen molar-refractivity contribution in [1.82, 2.24) is 4.98 Å². The maximum atomic E-state index is 13.0. The predicted molar refractivity (Wildman–Crippen MR) is 120 cm³/mol. The number of aliphatic hydroxyl groups excluding tert-OH is 1. The van der Waals surface area contributed by atoms with Crippen LogP contribution in [0.15, 0.2) is 42.2 Å². The van der Waals surface area contributed by atoms with Gasteiger partial charge in [0.25, 0.3) is 0 Å². The lowest BCUT2D eigenvalue weighted by atomic mass is 9.84. The summed E-state index contributed by atoms with van der Waals surface area (Å²) in [5.74, 6) is -2.53. The van der Waals surface area contributed by atoms with Gasteiger partial charge >= 0.3 is 11.9 Å². The summed E-state index contributed by atoms with van der Waals surface area (Å²) in [6, 6.07) is 6.20. The van der Waals surface area contributed by atoms with E-state index in [0.29, 0.717) is 28.2 Å². The Morgan fingerprint density at radius 1 is 1.09 bits per heavy atom. The fraction of sp³-hybridized carbons (Fsp3) is 0.348. The molecule has 0 saturated carbocycles. The Kier molecular flexibility index (Phi) is 9.65. The number of aromatic nitrogens is 1. The largest absolute Gasteiger partial charge is 0.493 e. The lowest BCUT2D eigenvalue weighted by molar-refractivity contribution is -0.163. The normalized spacial score (nSPS) is 13.4. The summed E-state index contributed by atoms with van der Waals surface area (Å²) >= 11 is 6.34. The average molecular weight is 480 g/mol. The molecule has 1 aromatic heterocycles. The lowest BCUT2D eigenvalue weighted by Gasteiger charge is -2.25. The molecule has 0 radical (unpaired) electrons. The van der Waals surface area contributed by atoms with Crippen molar-refractivity contribution in [1.29, 1.82) is 0 Å². The van der Waals surface area contributed by atoms with E-state index in [2.05, 4.69) is 4.98 Å². The van der Waals surface area contributed by atoms with Crippen LogP contribution in [0.5, 0.6) is 11.5 Å². The summed E-state index contributed by atoms with van der Waals surface area (Å²) in [4.78, 5) is 29.8. The number of esters is 2. The molecule has 178 valence electrons. The summed E-state index contributed by atoms with van der Waals surface area (Å²) in [5.41, 5.74) is 0.997. The zero-order chi connectivity index (χ0) is 24.5. The standard InChI is InChI=1S/C23H26ClNO8/c1-13(15-10-16(24)21(31-4)17(11-15)30-3)18(22(27)32-5)19(23(28)33-12-29-2)20(26)14-6-8-25-9-7-14/h6-11,19-20,26H,12H2,1-5H3. The fourth-order valence-corrected chi connectivity index (χ4v) is 3.57. The summed E-state index contributed by atoms with van der Waals surface area (Å²) in [7, 11) is 5.40. The first kappa shape index (κ1) is 26.1. The summed E-state index contributed by atoms with van der Waals surface area (Å²) in [5, 5.41) is 11.3. The first-order chi connectivity index (χ1) is 15.8. The molecule has 2 rings (SSSR count). The Morgan fingerprint density at radius 2 is 1.76 bits per heavy atom. The first-order valence-corrected chi connectivity index (χ1v) is 10.1. The quantitative estimate of drug-likeness (QED) is 0.311. The van der Waals surface area contributed by atoms with Crippen LogP contribution in [-0.4, -0.2) is 57.3 Å². The number of carbonyl (C=O) groups excluding carboxylic acids is 2. The molecule has 10 heteroatoms. The maximum Gasteiger partial charge on any atom is 0.335 e. The highest BCUT2D eigenvalue weighted by Gasteiger charge is 2.38. The third-order valence-corrected chi connectivity index (χ3v) is 5.20. The van der Waals surface area contributed by atoms with Crippen LogP contribution >= 0.6 is 11.6 Å². The number of allylic oxidation sites excluding steroid dienone is 1. The smallest absolute Gasteiger partial charge is 0.335 e. The second-order valence-electron chi connectivity index (χ2n) is 6.80. The van der Waals surface area contributed by atoms with Crippen molar-refractivity contribution in [2.75, 3.05) is 35.2 Å². The topological polar surface area (TPSA) is 113 Å². The Balaban J connectivity index is 2.75. The van der Waals surface area contributed by atoms with E-state index >= 15 is 0 Å². The van der Waals surface area contributed by atoms with Crippen molar-refractivity contribution < 1.29 is 38.4 Å². The molecule has 0 bridgehead atoms. The van der Waals surface area contributed by atoms with E-state index in [1.807, 2.05) is 0 Å². The highest BCUT2D eigenvalue weighted by molar-refractivity contribution is 6.32. The van der Waals surface area contributed by atoms with E-state index in [1.165, 1.54) is 53.0 Å². The number of hydrogen-bond acceptors (Lipinski definition) is 9. The van der Waals surface area contributed by atoms with Crippen molar-refractivity contribution in [2.24, 2.45) is 5.92 Å². The third kappa shape index (κ3) is 6.01. The molecule has 2 aromatic rings. The second kappa shape index (κ2) is 12.2. The molecule has 1 aromatic carbocycles. The number of aliphatic hydroxyl groups is 1. The van der Waals surface area contributed by atoms with Gasteiger partial charge in [0.05, 0.1) is 38.0 Å². The van der Waals surface area contributed by atoms with Crippen molar-refractivity contribution in [2.45, 2.75) is 13.0 Å². The van der Waals surface area contributed by atoms with E-state index in [-0.39, 0.29) is 17.4 Å². The van der Waals surface area contributed by atoms with Gasteiger partial charge in [0, 0.05) is 19.5 Å². The van der Waals surface area contributed by atoms with Gasteiger partial charge in [0.1, 0.15) is 5.92 Å². The number of pyridine rings is 1. The van der Waals surface area contributed by atoms with Crippen LogP contribution in [0.3, 0.4) is 0 Å². The molecule has 1 N–H and O–H groups in total. The molecule has 2 atom stereocenters. The molecule has 0 aliphatic carbocycles.